The molecule has 8 nitrogen and oxygen atoms in total. The van der Waals surface area contributed by atoms with Gasteiger partial charge in [0.25, 0.3) is 0 Å². The number of aliphatic imine (C=N–C) groups is 1. The summed E-state index contributed by atoms with van der Waals surface area (Å²) in [6, 6.07) is 4.00. The van der Waals surface area contributed by atoms with Gasteiger partial charge >= 0.3 is 0 Å². The van der Waals surface area contributed by atoms with Crippen molar-refractivity contribution in [3.05, 3.63) is 41.2 Å². The SMILES string of the molecule is CC(C)(O)c1ccc(C2=NC3=C(NCC(=O)N3)N(C3CCC(O)CC3)C2)cn1. The fraction of sp³-hybridized carbons (Fsp3) is 0.550. The molecule has 4 rings (SSSR count). The van der Waals surface area contributed by atoms with Crippen molar-refractivity contribution >= 4 is 11.6 Å². The van der Waals surface area contributed by atoms with Crippen molar-refractivity contribution in [1.29, 1.82) is 0 Å². The van der Waals surface area contributed by atoms with E-state index in [4.69, 9.17) is 0 Å². The van der Waals surface area contributed by atoms with Crippen molar-refractivity contribution in [2.45, 2.75) is 57.3 Å². The summed E-state index contributed by atoms with van der Waals surface area (Å²) >= 11 is 0. The van der Waals surface area contributed by atoms with Crippen LogP contribution in [0.5, 0.6) is 0 Å². The molecule has 4 N–H and O–H groups in total. The van der Waals surface area contributed by atoms with Gasteiger partial charge in [-0.25, -0.2) is 4.99 Å². The lowest BCUT2D eigenvalue weighted by Crippen LogP contribution is -2.53. The average Bonchev–Trinajstić information content (AvgIpc) is 2.67. The minimum atomic E-state index is -1.00. The lowest BCUT2D eigenvalue weighted by atomic mass is 9.91. The van der Waals surface area contributed by atoms with Crippen LogP contribution in [0.4, 0.5) is 0 Å². The summed E-state index contributed by atoms with van der Waals surface area (Å²) in [7, 11) is 0. The third-order valence-electron chi connectivity index (χ3n) is 5.58. The third kappa shape index (κ3) is 3.74. The van der Waals surface area contributed by atoms with E-state index >= 15 is 0 Å². The zero-order valence-electron chi connectivity index (χ0n) is 16.3. The first kappa shape index (κ1) is 18.9. The van der Waals surface area contributed by atoms with Gasteiger partial charge in [0, 0.05) is 17.8 Å². The number of hydrogen-bond donors (Lipinski definition) is 4. The molecule has 0 spiro atoms. The van der Waals surface area contributed by atoms with E-state index in [1.54, 1.807) is 26.1 Å². The molecule has 2 aliphatic heterocycles. The van der Waals surface area contributed by atoms with Gasteiger partial charge in [0.15, 0.2) is 5.82 Å². The van der Waals surface area contributed by atoms with Crippen molar-refractivity contribution in [3.63, 3.8) is 0 Å². The number of pyridine rings is 1. The highest BCUT2D eigenvalue weighted by Gasteiger charge is 2.34. The van der Waals surface area contributed by atoms with Gasteiger partial charge in [-0.2, -0.15) is 0 Å². The summed E-state index contributed by atoms with van der Waals surface area (Å²) in [5.74, 6) is 1.28. The van der Waals surface area contributed by atoms with E-state index in [9.17, 15) is 15.0 Å². The number of nitrogens with zero attached hydrogens (tertiary/aromatic N) is 3. The van der Waals surface area contributed by atoms with Crippen LogP contribution in [0.3, 0.4) is 0 Å². The minimum absolute atomic E-state index is 0.113. The summed E-state index contributed by atoms with van der Waals surface area (Å²) in [6.07, 6.45) is 4.86. The van der Waals surface area contributed by atoms with Gasteiger partial charge in [-0.1, -0.05) is 0 Å². The van der Waals surface area contributed by atoms with Crippen molar-refractivity contribution in [1.82, 2.24) is 20.5 Å². The van der Waals surface area contributed by atoms with E-state index in [0.29, 0.717) is 18.1 Å². The number of aliphatic hydroxyl groups excluding tert-OH is 1. The van der Waals surface area contributed by atoms with Crippen LogP contribution in [0.15, 0.2) is 35.0 Å². The predicted octanol–water partition coefficient (Wildman–Crippen LogP) is 0.563. The maximum atomic E-state index is 11.9. The zero-order valence-corrected chi connectivity index (χ0v) is 16.3. The molecule has 28 heavy (non-hydrogen) atoms. The van der Waals surface area contributed by atoms with Gasteiger partial charge in [-0.05, 0) is 51.7 Å². The smallest absolute Gasteiger partial charge is 0.244 e. The standard InChI is InChI=1S/C20H27N5O3/c1-20(2,28)16-8-3-12(9-21-16)15-11-25(13-4-6-14(26)7-5-13)19-18(23-15)24-17(27)10-22-19/h3,8-9,13-14,22,26,28H,4-7,10-11H2,1-2H3,(H,24,27). The lowest BCUT2D eigenvalue weighted by Gasteiger charge is -2.42. The van der Waals surface area contributed by atoms with Gasteiger partial charge in [-0.15, -0.1) is 0 Å². The van der Waals surface area contributed by atoms with Crippen LogP contribution in [0, 0.1) is 0 Å². The Bertz CT molecular complexity index is 817. The fourth-order valence-electron chi connectivity index (χ4n) is 3.98. The van der Waals surface area contributed by atoms with Gasteiger partial charge in [0.05, 0.1) is 30.6 Å². The molecular weight excluding hydrogens is 358 g/mol. The zero-order chi connectivity index (χ0) is 19.9. The largest absolute Gasteiger partial charge is 0.393 e. The van der Waals surface area contributed by atoms with E-state index in [1.165, 1.54) is 0 Å². The molecule has 3 heterocycles. The molecule has 150 valence electrons. The maximum absolute atomic E-state index is 11.9. The molecule has 1 aromatic rings. The number of hydrogen-bond acceptors (Lipinski definition) is 7. The first-order valence-corrected chi connectivity index (χ1v) is 9.81. The maximum Gasteiger partial charge on any atom is 0.244 e. The van der Waals surface area contributed by atoms with Crippen molar-refractivity contribution in [2.75, 3.05) is 13.1 Å². The second kappa shape index (κ2) is 7.18. The van der Waals surface area contributed by atoms with Crippen LogP contribution in [0.2, 0.25) is 0 Å². The van der Waals surface area contributed by atoms with E-state index in [1.807, 2.05) is 6.07 Å². The van der Waals surface area contributed by atoms with Crippen molar-refractivity contribution in [3.8, 4) is 0 Å². The van der Waals surface area contributed by atoms with Crippen LogP contribution < -0.4 is 10.6 Å². The minimum Gasteiger partial charge on any atom is -0.393 e. The van der Waals surface area contributed by atoms with Crippen LogP contribution in [0.1, 0.15) is 50.8 Å². The molecule has 1 amide bonds. The molecular formula is C20H27N5O3. The molecule has 0 bridgehead atoms. The van der Waals surface area contributed by atoms with Crippen molar-refractivity contribution in [2.24, 2.45) is 4.99 Å². The van der Waals surface area contributed by atoms with Gasteiger partial charge in [0.2, 0.25) is 5.91 Å². The topological polar surface area (TPSA) is 110 Å². The molecule has 8 heteroatoms. The molecule has 0 radical (unpaired) electrons. The molecule has 1 aromatic heterocycles. The Morgan fingerprint density at radius 3 is 2.61 bits per heavy atom. The van der Waals surface area contributed by atoms with E-state index in [0.717, 1.165) is 42.8 Å². The summed E-state index contributed by atoms with van der Waals surface area (Å²) in [4.78, 5) is 23.2. The Morgan fingerprint density at radius 2 is 1.96 bits per heavy atom. The quantitative estimate of drug-likeness (QED) is 0.605. The highest BCUT2D eigenvalue weighted by molar-refractivity contribution is 6.03. The van der Waals surface area contributed by atoms with E-state index in [-0.39, 0.29) is 24.6 Å². The summed E-state index contributed by atoms with van der Waals surface area (Å²) in [5.41, 5.74) is 1.28. The molecule has 1 aliphatic carbocycles. The van der Waals surface area contributed by atoms with Crippen LogP contribution in [-0.4, -0.2) is 57.0 Å². The Labute approximate surface area is 164 Å². The van der Waals surface area contributed by atoms with Gasteiger partial charge < -0.3 is 25.7 Å². The Morgan fingerprint density at radius 1 is 1.21 bits per heavy atom. The first-order valence-electron chi connectivity index (χ1n) is 9.81. The van der Waals surface area contributed by atoms with Crippen LogP contribution in [-0.2, 0) is 10.4 Å². The summed E-state index contributed by atoms with van der Waals surface area (Å²) in [6.45, 7) is 4.24. The second-order valence-corrected chi connectivity index (χ2v) is 8.24. The Kier molecular flexibility index (Phi) is 4.84. The predicted molar refractivity (Wildman–Crippen MR) is 104 cm³/mol. The molecule has 1 fully saturated rings. The number of nitrogens with one attached hydrogen (secondary N) is 2. The average molecular weight is 385 g/mol. The molecule has 0 saturated heterocycles. The number of aliphatic hydroxyl groups is 2. The highest BCUT2D eigenvalue weighted by Crippen LogP contribution is 2.29. The number of carbonyl (C=O) groups excluding carboxylic acids is 1. The Balaban J connectivity index is 1.64. The fourth-order valence-corrected chi connectivity index (χ4v) is 3.98. The van der Waals surface area contributed by atoms with Gasteiger partial charge in [-0.3, -0.25) is 9.78 Å². The number of rotatable bonds is 3. The molecule has 0 atom stereocenters. The summed E-state index contributed by atoms with van der Waals surface area (Å²) < 4.78 is 0. The van der Waals surface area contributed by atoms with Crippen molar-refractivity contribution < 1.29 is 15.0 Å². The molecule has 0 unspecified atom stereocenters. The monoisotopic (exact) mass is 385 g/mol. The first-order chi connectivity index (χ1) is 13.3. The van der Waals surface area contributed by atoms with E-state index < -0.39 is 5.60 Å². The van der Waals surface area contributed by atoms with Crippen LogP contribution in [0.25, 0.3) is 0 Å². The highest BCUT2D eigenvalue weighted by atomic mass is 16.3. The van der Waals surface area contributed by atoms with E-state index in [2.05, 4.69) is 25.5 Å². The van der Waals surface area contributed by atoms with Crippen LogP contribution >= 0.6 is 0 Å². The molecule has 1 saturated carbocycles. The summed E-state index contributed by atoms with van der Waals surface area (Å²) in [5, 5.41) is 26.1. The molecule has 3 aliphatic rings. The second-order valence-electron chi connectivity index (χ2n) is 8.24. The molecule has 0 aromatic carbocycles. The third-order valence-corrected chi connectivity index (χ3v) is 5.58. The number of amides is 1. The number of carbonyl (C=O) groups is 1. The lowest BCUT2D eigenvalue weighted by molar-refractivity contribution is -0.120. The normalized spacial score (nSPS) is 25.6. The number of aromatic nitrogens is 1. The Hall–Kier alpha value is -2.45. The van der Waals surface area contributed by atoms with Gasteiger partial charge in [0.1, 0.15) is 11.4 Å².